The van der Waals surface area contributed by atoms with Crippen LogP contribution in [-0.4, -0.2) is 13.0 Å². The molecule has 0 aliphatic rings. The summed E-state index contributed by atoms with van der Waals surface area (Å²) < 4.78 is 10.7. The van der Waals surface area contributed by atoms with Gasteiger partial charge in [0.1, 0.15) is 18.1 Å². The van der Waals surface area contributed by atoms with E-state index in [2.05, 4.69) is 5.43 Å². The van der Waals surface area contributed by atoms with E-state index in [1.54, 1.807) is 29.6 Å². The lowest BCUT2D eigenvalue weighted by molar-refractivity contribution is 0.0955. The Labute approximate surface area is 125 Å². The molecule has 3 N–H and O–H groups in total. The number of nitrogens with one attached hydrogen (secondary N) is 1. The number of hydrazine groups is 1. The van der Waals surface area contributed by atoms with Crippen molar-refractivity contribution in [2.45, 2.75) is 6.61 Å². The number of carbonyl (C=O) groups excluding carboxylic acids is 1. The van der Waals surface area contributed by atoms with E-state index in [-0.39, 0.29) is 12.5 Å². The lowest BCUT2D eigenvalue weighted by atomic mass is 10.2. The number of nitrogen functional groups attached to an aromatic ring is 1. The highest BCUT2D eigenvalue weighted by Crippen LogP contribution is 2.24. The number of benzene rings is 1. The van der Waals surface area contributed by atoms with E-state index < -0.39 is 0 Å². The Hall–Kier alpha value is -2.56. The van der Waals surface area contributed by atoms with Crippen LogP contribution in [0.5, 0.6) is 11.5 Å². The van der Waals surface area contributed by atoms with Crippen LogP contribution >= 0.6 is 11.3 Å². The first-order chi connectivity index (χ1) is 10.2. The minimum atomic E-state index is -0.355. The number of nitrogens with zero attached hydrogens (tertiary/aromatic N) is 1. The minimum absolute atomic E-state index is 0.199. The molecule has 0 fully saturated rings. The fraction of sp³-hybridized carbons (Fsp3) is 0.143. The predicted octanol–water partition coefficient (Wildman–Crippen LogP) is 1.81. The molecule has 0 aliphatic carbocycles. The molecule has 0 aliphatic heterocycles. The Kier molecular flexibility index (Phi) is 4.77. The van der Waals surface area contributed by atoms with Crippen LogP contribution in [0.1, 0.15) is 20.8 Å². The van der Waals surface area contributed by atoms with E-state index >= 15 is 0 Å². The van der Waals surface area contributed by atoms with Gasteiger partial charge in [0, 0.05) is 11.6 Å². The zero-order chi connectivity index (χ0) is 15.2. The summed E-state index contributed by atoms with van der Waals surface area (Å²) in [4.78, 5) is 12.1. The molecule has 0 unspecified atom stereocenters. The van der Waals surface area contributed by atoms with Crippen LogP contribution < -0.4 is 20.7 Å². The highest BCUT2D eigenvalue weighted by molar-refractivity contribution is 7.12. The van der Waals surface area contributed by atoms with E-state index in [4.69, 9.17) is 20.6 Å². The maximum absolute atomic E-state index is 11.6. The first kappa shape index (κ1) is 14.8. The second-order valence-electron chi connectivity index (χ2n) is 4.05. The highest BCUT2D eigenvalue weighted by atomic mass is 32.1. The molecule has 0 saturated carbocycles. The fourth-order valence-electron chi connectivity index (χ4n) is 1.71. The van der Waals surface area contributed by atoms with E-state index in [0.717, 1.165) is 5.56 Å². The van der Waals surface area contributed by atoms with Crippen LogP contribution in [0.4, 0.5) is 0 Å². The topological polar surface area (TPSA) is 97.4 Å². The van der Waals surface area contributed by atoms with Gasteiger partial charge in [0.15, 0.2) is 0 Å². The van der Waals surface area contributed by atoms with Gasteiger partial charge in [0.25, 0.3) is 5.91 Å². The molecule has 21 heavy (non-hydrogen) atoms. The van der Waals surface area contributed by atoms with Crippen molar-refractivity contribution in [1.82, 2.24) is 5.43 Å². The summed E-state index contributed by atoms with van der Waals surface area (Å²) in [5, 5.41) is 10.7. The van der Waals surface area contributed by atoms with Crippen LogP contribution in [0.15, 0.2) is 29.6 Å². The molecule has 0 radical (unpaired) electrons. The van der Waals surface area contributed by atoms with E-state index in [1.807, 2.05) is 6.07 Å². The van der Waals surface area contributed by atoms with Gasteiger partial charge in [-0.05, 0) is 23.6 Å². The van der Waals surface area contributed by atoms with E-state index in [1.165, 1.54) is 18.4 Å². The largest absolute Gasteiger partial charge is 0.497 e. The molecule has 0 atom stereocenters. The van der Waals surface area contributed by atoms with Crippen LogP contribution in [0.3, 0.4) is 0 Å². The van der Waals surface area contributed by atoms with Crippen molar-refractivity contribution in [2.24, 2.45) is 5.84 Å². The molecule has 0 saturated heterocycles. The molecule has 1 aromatic heterocycles. The first-order valence-corrected chi connectivity index (χ1v) is 6.85. The SMILES string of the molecule is COc1cc(C#N)cc(OCc2ccsc2C(=O)NN)c1. The summed E-state index contributed by atoms with van der Waals surface area (Å²) in [6.45, 7) is 0.199. The van der Waals surface area contributed by atoms with E-state index in [9.17, 15) is 4.79 Å². The maximum atomic E-state index is 11.6. The number of ether oxygens (including phenoxy) is 2. The summed E-state index contributed by atoms with van der Waals surface area (Å²) in [6.07, 6.45) is 0. The summed E-state index contributed by atoms with van der Waals surface area (Å²) in [5.41, 5.74) is 3.26. The third kappa shape index (κ3) is 3.51. The van der Waals surface area contributed by atoms with Crippen LogP contribution in [0, 0.1) is 11.3 Å². The molecule has 0 bridgehead atoms. The van der Waals surface area contributed by atoms with Gasteiger partial charge in [-0.3, -0.25) is 10.2 Å². The number of rotatable bonds is 5. The van der Waals surface area contributed by atoms with Crippen molar-refractivity contribution in [3.63, 3.8) is 0 Å². The number of methoxy groups -OCH3 is 1. The molecular weight excluding hydrogens is 290 g/mol. The van der Waals surface area contributed by atoms with Crippen molar-refractivity contribution in [1.29, 1.82) is 5.26 Å². The molecule has 1 heterocycles. The van der Waals surface area contributed by atoms with Crippen molar-refractivity contribution in [3.8, 4) is 17.6 Å². The molecular formula is C14H13N3O3S. The van der Waals surface area contributed by atoms with E-state index in [0.29, 0.717) is 21.9 Å². The number of nitriles is 1. The predicted molar refractivity (Wildman–Crippen MR) is 78.0 cm³/mol. The smallest absolute Gasteiger partial charge is 0.275 e. The summed E-state index contributed by atoms with van der Waals surface area (Å²) in [7, 11) is 1.52. The number of hydrogen-bond acceptors (Lipinski definition) is 6. The van der Waals surface area contributed by atoms with Crippen molar-refractivity contribution < 1.29 is 14.3 Å². The second kappa shape index (κ2) is 6.74. The number of nitrogens with two attached hydrogens (primary N) is 1. The average molecular weight is 303 g/mol. The lowest BCUT2D eigenvalue weighted by Crippen LogP contribution is -2.30. The number of amides is 1. The molecule has 0 spiro atoms. The Morgan fingerprint density at radius 1 is 1.43 bits per heavy atom. The first-order valence-electron chi connectivity index (χ1n) is 5.97. The third-order valence-electron chi connectivity index (χ3n) is 2.72. The van der Waals surface area contributed by atoms with Crippen LogP contribution in [-0.2, 0) is 6.61 Å². The van der Waals surface area contributed by atoms with Gasteiger partial charge in [-0.15, -0.1) is 11.3 Å². The third-order valence-corrected chi connectivity index (χ3v) is 3.68. The number of carbonyl (C=O) groups is 1. The number of hydrogen-bond donors (Lipinski definition) is 2. The van der Waals surface area contributed by atoms with Gasteiger partial charge in [-0.1, -0.05) is 0 Å². The quantitative estimate of drug-likeness (QED) is 0.499. The zero-order valence-electron chi connectivity index (χ0n) is 11.3. The normalized spacial score (nSPS) is 9.76. The summed E-state index contributed by atoms with van der Waals surface area (Å²) in [5.74, 6) is 5.81. The summed E-state index contributed by atoms with van der Waals surface area (Å²) in [6, 6.07) is 8.73. The molecule has 2 rings (SSSR count). The molecule has 108 valence electrons. The molecule has 2 aromatic rings. The molecule has 7 heteroatoms. The Morgan fingerprint density at radius 2 is 2.19 bits per heavy atom. The van der Waals surface area contributed by atoms with Crippen molar-refractivity contribution in [3.05, 3.63) is 45.6 Å². The Bertz CT molecular complexity index is 691. The Balaban J connectivity index is 2.15. The number of thiophene rings is 1. The second-order valence-corrected chi connectivity index (χ2v) is 4.96. The molecule has 1 aromatic carbocycles. The monoisotopic (exact) mass is 303 g/mol. The highest BCUT2D eigenvalue weighted by Gasteiger charge is 2.12. The fourth-order valence-corrected chi connectivity index (χ4v) is 2.53. The van der Waals surface area contributed by atoms with Crippen molar-refractivity contribution in [2.75, 3.05) is 7.11 Å². The van der Waals surface area contributed by atoms with Gasteiger partial charge in [-0.2, -0.15) is 5.26 Å². The van der Waals surface area contributed by atoms with Gasteiger partial charge in [0.2, 0.25) is 0 Å². The Morgan fingerprint density at radius 3 is 2.86 bits per heavy atom. The van der Waals surface area contributed by atoms with Gasteiger partial charge >= 0.3 is 0 Å². The van der Waals surface area contributed by atoms with Crippen molar-refractivity contribution >= 4 is 17.2 Å². The molecule has 6 nitrogen and oxygen atoms in total. The van der Waals surface area contributed by atoms with Crippen LogP contribution in [0.25, 0.3) is 0 Å². The zero-order valence-corrected chi connectivity index (χ0v) is 12.1. The summed E-state index contributed by atoms with van der Waals surface area (Å²) >= 11 is 1.28. The van der Waals surface area contributed by atoms with Gasteiger partial charge in [0.05, 0.1) is 23.6 Å². The van der Waals surface area contributed by atoms with Gasteiger partial charge in [-0.25, -0.2) is 5.84 Å². The lowest BCUT2D eigenvalue weighted by Gasteiger charge is -2.09. The maximum Gasteiger partial charge on any atom is 0.275 e. The van der Waals surface area contributed by atoms with Gasteiger partial charge < -0.3 is 9.47 Å². The average Bonchev–Trinajstić information content (AvgIpc) is 3.00. The molecule has 1 amide bonds. The minimum Gasteiger partial charge on any atom is -0.497 e. The standard InChI is InChI=1S/C14H13N3O3S/c1-19-11-4-9(7-15)5-12(6-11)20-8-10-2-3-21-13(10)14(18)17-16/h2-6H,8,16H2,1H3,(H,17,18). The van der Waals surface area contributed by atoms with Crippen LogP contribution in [0.2, 0.25) is 0 Å².